The first-order valence-corrected chi connectivity index (χ1v) is 11.0. The van der Waals surface area contributed by atoms with E-state index in [1.165, 1.54) is 62.7 Å². The van der Waals surface area contributed by atoms with Gasteiger partial charge >= 0.3 is 10.1 Å². The van der Waals surface area contributed by atoms with Crippen molar-refractivity contribution in [1.82, 2.24) is 5.43 Å². The first-order chi connectivity index (χ1) is 16.1. The third-order valence-corrected chi connectivity index (χ3v) is 5.77. The molecule has 3 rings (SSSR count). The largest absolute Gasteiger partial charge is 0.493 e. The Labute approximate surface area is 193 Å². The number of methoxy groups -OCH3 is 1. The third-order valence-electron chi connectivity index (χ3n) is 4.54. The first-order valence-electron chi connectivity index (χ1n) is 9.57. The molecule has 0 spiro atoms. The Morgan fingerprint density at radius 3 is 2.44 bits per heavy atom. The van der Waals surface area contributed by atoms with Crippen molar-refractivity contribution < 1.29 is 31.4 Å². The molecule has 0 aliphatic carbocycles. The second-order valence-electron chi connectivity index (χ2n) is 6.86. The van der Waals surface area contributed by atoms with Crippen LogP contribution in [0.2, 0.25) is 0 Å². The van der Waals surface area contributed by atoms with Gasteiger partial charge in [-0.2, -0.15) is 13.5 Å². The van der Waals surface area contributed by atoms with Crippen LogP contribution in [0.15, 0.2) is 70.7 Å². The lowest BCUT2D eigenvalue weighted by atomic mass is 10.2. The van der Waals surface area contributed by atoms with Gasteiger partial charge in [0, 0.05) is 17.2 Å². The molecular formula is C22H18FN3O7S. The number of ether oxygens (including phenoxy) is 1. The van der Waals surface area contributed by atoms with Gasteiger partial charge in [-0.05, 0) is 61.0 Å². The molecule has 0 aliphatic heterocycles. The number of nitrogens with zero attached hydrogens (tertiary/aromatic N) is 2. The molecule has 0 bridgehead atoms. The predicted octanol–water partition coefficient (Wildman–Crippen LogP) is 3.58. The lowest BCUT2D eigenvalue weighted by molar-refractivity contribution is -0.385. The third kappa shape index (κ3) is 5.72. The molecule has 0 unspecified atom stereocenters. The minimum atomic E-state index is -4.40. The molecule has 3 aromatic rings. The minimum absolute atomic E-state index is 0.0407. The summed E-state index contributed by atoms with van der Waals surface area (Å²) in [6, 6.07) is 12.5. The van der Waals surface area contributed by atoms with Gasteiger partial charge < -0.3 is 8.92 Å². The maximum Gasteiger partial charge on any atom is 0.339 e. The van der Waals surface area contributed by atoms with Gasteiger partial charge in [0.05, 0.1) is 18.2 Å². The van der Waals surface area contributed by atoms with Crippen LogP contribution in [0.4, 0.5) is 10.1 Å². The lowest BCUT2D eigenvalue weighted by Gasteiger charge is -2.11. The fourth-order valence-electron chi connectivity index (χ4n) is 2.77. The molecule has 0 aromatic heterocycles. The molecule has 0 aliphatic rings. The summed E-state index contributed by atoms with van der Waals surface area (Å²) in [6.07, 6.45) is 1.28. The fourth-order valence-corrected chi connectivity index (χ4v) is 3.73. The average Bonchev–Trinajstić information content (AvgIpc) is 2.80. The Hall–Kier alpha value is -4.32. The summed E-state index contributed by atoms with van der Waals surface area (Å²) in [6.45, 7) is 1.49. The van der Waals surface area contributed by atoms with Gasteiger partial charge in [0.15, 0.2) is 11.5 Å². The van der Waals surface area contributed by atoms with E-state index >= 15 is 0 Å². The van der Waals surface area contributed by atoms with Crippen LogP contribution in [0.1, 0.15) is 21.5 Å². The summed E-state index contributed by atoms with van der Waals surface area (Å²) in [4.78, 5) is 22.0. The Bertz CT molecular complexity index is 1370. The minimum Gasteiger partial charge on any atom is -0.493 e. The van der Waals surface area contributed by atoms with Crippen LogP contribution in [0.3, 0.4) is 0 Å². The van der Waals surface area contributed by atoms with Gasteiger partial charge in [0.2, 0.25) is 0 Å². The smallest absolute Gasteiger partial charge is 0.339 e. The van der Waals surface area contributed by atoms with Crippen LogP contribution in [-0.2, 0) is 10.1 Å². The van der Waals surface area contributed by atoms with Gasteiger partial charge in [-0.25, -0.2) is 9.82 Å². The normalized spacial score (nSPS) is 11.3. The number of halogens is 1. The Morgan fingerprint density at radius 2 is 1.79 bits per heavy atom. The molecule has 0 fully saturated rings. The number of carbonyl (C=O) groups is 1. The Kier molecular flexibility index (Phi) is 7.21. The number of nitro groups is 1. The number of hydrogen-bond donors (Lipinski definition) is 1. The van der Waals surface area contributed by atoms with E-state index in [0.717, 1.165) is 18.2 Å². The van der Waals surface area contributed by atoms with E-state index in [9.17, 15) is 27.7 Å². The van der Waals surface area contributed by atoms with Gasteiger partial charge in [-0.1, -0.05) is 6.07 Å². The number of benzene rings is 3. The van der Waals surface area contributed by atoms with Crippen LogP contribution >= 0.6 is 0 Å². The van der Waals surface area contributed by atoms with Crippen LogP contribution in [0, 0.1) is 22.9 Å². The Morgan fingerprint density at radius 1 is 1.09 bits per heavy atom. The molecule has 10 nitrogen and oxygen atoms in total. The van der Waals surface area contributed by atoms with Crippen molar-refractivity contribution in [3.05, 3.63) is 93.3 Å². The molecular weight excluding hydrogens is 469 g/mol. The van der Waals surface area contributed by atoms with Crippen molar-refractivity contribution in [2.45, 2.75) is 11.8 Å². The van der Waals surface area contributed by atoms with Gasteiger partial charge in [0.1, 0.15) is 10.7 Å². The van der Waals surface area contributed by atoms with Crippen molar-refractivity contribution >= 4 is 27.9 Å². The van der Waals surface area contributed by atoms with Crippen LogP contribution in [0.5, 0.6) is 11.5 Å². The van der Waals surface area contributed by atoms with Gasteiger partial charge in [0.25, 0.3) is 11.6 Å². The topological polar surface area (TPSA) is 137 Å². The van der Waals surface area contributed by atoms with Crippen LogP contribution in [-0.4, -0.2) is 32.6 Å². The number of carbonyl (C=O) groups excluding carboxylic acids is 1. The average molecular weight is 487 g/mol. The number of aryl methyl sites for hydroxylation is 1. The van der Waals surface area contributed by atoms with Crippen molar-refractivity contribution in [3.8, 4) is 11.5 Å². The van der Waals surface area contributed by atoms with Gasteiger partial charge in [-0.15, -0.1) is 0 Å². The zero-order chi connectivity index (χ0) is 24.9. The molecule has 12 heteroatoms. The quantitative estimate of drug-likeness (QED) is 0.222. The number of hydrazone groups is 1. The molecule has 0 atom stereocenters. The molecule has 1 amide bonds. The molecule has 34 heavy (non-hydrogen) atoms. The van der Waals surface area contributed by atoms with Crippen molar-refractivity contribution in [1.29, 1.82) is 0 Å². The molecule has 0 saturated carbocycles. The van der Waals surface area contributed by atoms with E-state index in [1.807, 2.05) is 0 Å². The molecule has 176 valence electrons. The predicted molar refractivity (Wildman–Crippen MR) is 120 cm³/mol. The fraction of sp³-hybridized carbons (Fsp3) is 0.0909. The molecule has 3 aromatic carbocycles. The summed E-state index contributed by atoms with van der Waals surface area (Å²) >= 11 is 0. The van der Waals surface area contributed by atoms with E-state index < -0.39 is 26.8 Å². The summed E-state index contributed by atoms with van der Waals surface area (Å²) in [5.41, 5.74) is 2.88. The number of amides is 1. The van der Waals surface area contributed by atoms with Crippen molar-refractivity contribution in [3.63, 3.8) is 0 Å². The second kappa shape index (κ2) is 10.1. The van der Waals surface area contributed by atoms with E-state index in [-0.39, 0.29) is 27.6 Å². The first kappa shape index (κ1) is 24.3. The Balaban J connectivity index is 1.76. The zero-order valence-corrected chi connectivity index (χ0v) is 18.7. The highest BCUT2D eigenvalue weighted by Gasteiger charge is 2.23. The van der Waals surface area contributed by atoms with Crippen LogP contribution in [0.25, 0.3) is 0 Å². The number of hydrogen-bond acceptors (Lipinski definition) is 8. The summed E-state index contributed by atoms with van der Waals surface area (Å²) in [5.74, 6) is -1.14. The standard InChI is InChI=1S/C22H18FN3O7S/c1-14-3-9-18(12-19(14)26(28)29)34(30,31)33-20-10-4-15(11-21(20)32-2)13-24-25-22(27)16-5-7-17(23)8-6-16/h3-13H,1-2H3,(H,25,27)/b24-13+. The van der Waals surface area contributed by atoms with Gasteiger partial charge in [-0.3, -0.25) is 14.9 Å². The molecule has 0 saturated heterocycles. The van der Waals surface area contributed by atoms with E-state index in [1.54, 1.807) is 0 Å². The van der Waals surface area contributed by atoms with Crippen LogP contribution < -0.4 is 14.3 Å². The highest BCUT2D eigenvalue weighted by molar-refractivity contribution is 7.87. The van der Waals surface area contributed by atoms with Crippen molar-refractivity contribution in [2.24, 2.45) is 5.10 Å². The van der Waals surface area contributed by atoms with E-state index in [0.29, 0.717) is 11.1 Å². The maximum absolute atomic E-state index is 12.9. The maximum atomic E-state index is 12.9. The van der Waals surface area contributed by atoms with E-state index in [2.05, 4.69) is 10.5 Å². The van der Waals surface area contributed by atoms with Crippen molar-refractivity contribution in [2.75, 3.05) is 7.11 Å². The molecule has 0 heterocycles. The molecule has 1 N–H and O–H groups in total. The lowest BCUT2D eigenvalue weighted by Crippen LogP contribution is -2.17. The number of nitro benzene ring substituents is 1. The molecule has 0 radical (unpaired) electrons. The highest BCUT2D eigenvalue weighted by atomic mass is 32.2. The monoisotopic (exact) mass is 487 g/mol. The van der Waals surface area contributed by atoms with E-state index in [4.69, 9.17) is 8.92 Å². The number of nitrogens with one attached hydrogen (secondary N) is 1. The summed E-state index contributed by atoms with van der Waals surface area (Å²) in [5, 5.41) is 14.9. The highest BCUT2D eigenvalue weighted by Crippen LogP contribution is 2.31. The second-order valence-corrected chi connectivity index (χ2v) is 8.41. The zero-order valence-electron chi connectivity index (χ0n) is 17.9. The summed E-state index contributed by atoms with van der Waals surface area (Å²) in [7, 11) is -3.10. The SMILES string of the molecule is COc1cc(/C=N/NC(=O)c2ccc(F)cc2)ccc1OS(=O)(=O)c1ccc(C)c([N+](=O)[O-])c1. The summed E-state index contributed by atoms with van der Waals surface area (Å²) < 4.78 is 48.5. The number of rotatable bonds is 8.